The third-order valence-electron chi connectivity index (χ3n) is 2.73. The molecule has 0 radical (unpaired) electrons. The molecular formula is C9H17NO. The number of rotatable bonds is 2. The maximum atomic E-state index is 5.57. The predicted octanol–water partition coefficient (Wildman–Crippen LogP) is 1.31. The Morgan fingerprint density at radius 2 is 2.27 bits per heavy atom. The molecular weight excluding hydrogens is 138 g/mol. The van der Waals surface area contributed by atoms with E-state index in [4.69, 9.17) is 4.74 Å². The van der Waals surface area contributed by atoms with Gasteiger partial charge in [0.25, 0.3) is 0 Å². The van der Waals surface area contributed by atoms with Gasteiger partial charge in [0.15, 0.2) is 0 Å². The first-order valence-electron chi connectivity index (χ1n) is 4.80. The minimum absolute atomic E-state index is 0.575. The van der Waals surface area contributed by atoms with E-state index in [-0.39, 0.29) is 0 Å². The standard InChI is InChI=1S/C9H17NO/c1-3-8(10-5-1)7-9-4-2-6-11-9/h8-10H,1-7H2. The normalized spacial score (nSPS) is 38.2. The maximum Gasteiger partial charge on any atom is 0.0590 e. The van der Waals surface area contributed by atoms with Crippen molar-refractivity contribution >= 4 is 0 Å². The average molecular weight is 155 g/mol. The summed E-state index contributed by atoms with van der Waals surface area (Å²) in [6.45, 7) is 2.22. The molecule has 1 N–H and O–H groups in total. The second-order valence-corrected chi connectivity index (χ2v) is 3.66. The Labute approximate surface area is 68.3 Å². The SMILES string of the molecule is C1CNC(CC2CCCO2)C1. The van der Waals surface area contributed by atoms with Crippen molar-refractivity contribution in [2.45, 2.75) is 44.2 Å². The Morgan fingerprint density at radius 3 is 2.91 bits per heavy atom. The second-order valence-electron chi connectivity index (χ2n) is 3.66. The molecule has 0 amide bonds. The molecule has 0 bridgehead atoms. The molecule has 2 nitrogen and oxygen atoms in total. The molecule has 2 heteroatoms. The van der Waals surface area contributed by atoms with Gasteiger partial charge in [0, 0.05) is 12.6 Å². The van der Waals surface area contributed by atoms with Gasteiger partial charge in [-0.2, -0.15) is 0 Å². The summed E-state index contributed by atoms with van der Waals surface area (Å²) in [4.78, 5) is 0. The van der Waals surface area contributed by atoms with Crippen molar-refractivity contribution in [1.29, 1.82) is 0 Å². The first-order chi connectivity index (χ1) is 5.45. The highest BCUT2D eigenvalue weighted by molar-refractivity contribution is 4.79. The Balaban J connectivity index is 1.71. The van der Waals surface area contributed by atoms with E-state index < -0.39 is 0 Å². The van der Waals surface area contributed by atoms with E-state index in [0.717, 1.165) is 12.6 Å². The predicted molar refractivity (Wildman–Crippen MR) is 44.6 cm³/mol. The van der Waals surface area contributed by atoms with Crippen molar-refractivity contribution in [3.63, 3.8) is 0 Å². The Hall–Kier alpha value is -0.0800. The van der Waals surface area contributed by atoms with Crippen molar-refractivity contribution in [3.05, 3.63) is 0 Å². The van der Waals surface area contributed by atoms with Crippen LogP contribution in [0.3, 0.4) is 0 Å². The fraction of sp³-hybridized carbons (Fsp3) is 1.00. The third kappa shape index (κ3) is 1.94. The zero-order valence-electron chi connectivity index (χ0n) is 7.01. The number of hydrogen-bond donors (Lipinski definition) is 1. The fourth-order valence-corrected chi connectivity index (χ4v) is 2.11. The van der Waals surface area contributed by atoms with Gasteiger partial charge >= 0.3 is 0 Å². The van der Waals surface area contributed by atoms with Crippen LogP contribution in [0.1, 0.15) is 32.1 Å². The topological polar surface area (TPSA) is 21.3 Å². The lowest BCUT2D eigenvalue weighted by Crippen LogP contribution is -2.26. The molecule has 64 valence electrons. The lowest BCUT2D eigenvalue weighted by Gasteiger charge is -2.14. The second kappa shape index (κ2) is 3.55. The highest BCUT2D eigenvalue weighted by Gasteiger charge is 2.22. The summed E-state index contributed by atoms with van der Waals surface area (Å²) in [5, 5.41) is 3.50. The van der Waals surface area contributed by atoms with Gasteiger partial charge in [-0.1, -0.05) is 0 Å². The molecule has 2 fully saturated rings. The number of hydrogen-bond acceptors (Lipinski definition) is 2. The quantitative estimate of drug-likeness (QED) is 0.649. The van der Waals surface area contributed by atoms with E-state index in [9.17, 15) is 0 Å². The van der Waals surface area contributed by atoms with E-state index in [1.807, 2.05) is 0 Å². The van der Waals surface area contributed by atoms with Crippen molar-refractivity contribution in [2.75, 3.05) is 13.2 Å². The van der Waals surface area contributed by atoms with Crippen LogP contribution in [0.4, 0.5) is 0 Å². The molecule has 0 aromatic heterocycles. The molecule has 0 aromatic rings. The summed E-state index contributed by atoms with van der Waals surface area (Å²) in [5.74, 6) is 0. The molecule has 0 aliphatic carbocycles. The van der Waals surface area contributed by atoms with E-state index in [0.29, 0.717) is 6.10 Å². The van der Waals surface area contributed by atoms with Gasteiger partial charge in [-0.25, -0.2) is 0 Å². The molecule has 2 atom stereocenters. The van der Waals surface area contributed by atoms with Crippen molar-refractivity contribution in [2.24, 2.45) is 0 Å². The number of nitrogens with one attached hydrogen (secondary N) is 1. The highest BCUT2D eigenvalue weighted by atomic mass is 16.5. The summed E-state index contributed by atoms with van der Waals surface area (Å²) < 4.78 is 5.57. The molecule has 2 unspecified atom stereocenters. The molecule has 2 aliphatic rings. The highest BCUT2D eigenvalue weighted by Crippen LogP contribution is 2.20. The van der Waals surface area contributed by atoms with E-state index in [2.05, 4.69) is 5.32 Å². The van der Waals surface area contributed by atoms with Crippen LogP contribution in [0.25, 0.3) is 0 Å². The monoisotopic (exact) mass is 155 g/mol. The van der Waals surface area contributed by atoms with Gasteiger partial charge in [-0.3, -0.25) is 0 Å². The lowest BCUT2D eigenvalue weighted by molar-refractivity contribution is 0.0965. The van der Waals surface area contributed by atoms with Crippen LogP contribution in [0, 0.1) is 0 Å². The van der Waals surface area contributed by atoms with Crippen molar-refractivity contribution in [1.82, 2.24) is 5.32 Å². The van der Waals surface area contributed by atoms with Crippen LogP contribution in [0.15, 0.2) is 0 Å². The van der Waals surface area contributed by atoms with Gasteiger partial charge in [0.2, 0.25) is 0 Å². The summed E-state index contributed by atoms with van der Waals surface area (Å²) in [6, 6.07) is 0.762. The molecule has 11 heavy (non-hydrogen) atoms. The minimum atomic E-state index is 0.575. The van der Waals surface area contributed by atoms with Crippen LogP contribution < -0.4 is 5.32 Å². The molecule has 2 heterocycles. The molecule has 2 rings (SSSR count). The smallest absolute Gasteiger partial charge is 0.0590 e. The summed E-state index contributed by atoms with van der Waals surface area (Å²) in [5.41, 5.74) is 0. The van der Waals surface area contributed by atoms with Gasteiger partial charge < -0.3 is 10.1 Å². The third-order valence-corrected chi connectivity index (χ3v) is 2.73. The van der Waals surface area contributed by atoms with Gasteiger partial charge in [0.1, 0.15) is 0 Å². The molecule has 2 aliphatic heterocycles. The summed E-state index contributed by atoms with van der Waals surface area (Å²) in [7, 11) is 0. The minimum Gasteiger partial charge on any atom is -0.378 e. The van der Waals surface area contributed by atoms with Crippen molar-refractivity contribution in [3.8, 4) is 0 Å². The van der Waals surface area contributed by atoms with Gasteiger partial charge in [-0.05, 0) is 38.6 Å². The largest absolute Gasteiger partial charge is 0.378 e. The van der Waals surface area contributed by atoms with E-state index in [1.165, 1.54) is 38.6 Å². The first kappa shape index (κ1) is 7.56. The molecule has 0 saturated carbocycles. The molecule has 2 saturated heterocycles. The van der Waals surface area contributed by atoms with Crippen LogP contribution >= 0.6 is 0 Å². The Morgan fingerprint density at radius 1 is 1.27 bits per heavy atom. The number of ether oxygens (including phenoxy) is 1. The van der Waals surface area contributed by atoms with Crippen LogP contribution in [-0.2, 0) is 4.74 Å². The van der Waals surface area contributed by atoms with E-state index >= 15 is 0 Å². The average Bonchev–Trinajstić information content (AvgIpc) is 2.60. The maximum absolute atomic E-state index is 5.57. The first-order valence-corrected chi connectivity index (χ1v) is 4.80. The van der Waals surface area contributed by atoms with Crippen LogP contribution in [-0.4, -0.2) is 25.3 Å². The lowest BCUT2D eigenvalue weighted by atomic mass is 10.1. The Kier molecular flexibility index (Phi) is 2.44. The zero-order chi connectivity index (χ0) is 7.52. The fourth-order valence-electron chi connectivity index (χ4n) is 2.11. The molecule has 0 aromatic carbocycles. The van der Waals surface area contributed by atoms with Crippen LogP contribution in [0.2, 0.25) is 0 Å². The van der Waals surface area contributed by atoms with Gasteiger partial charge in [-0.15, -0.1) is 0 Å². The Bertz CT molecular complexity index is 101. The van der Waals surface area contributed by atoms with Gasteiger partial charge in [0.05, 0.1) is 6.10 Å². The molecule has 0 spiro atoms. The van der Waals surface area contributed by atoms with Crippen molar-refractivity contribution < 1.29 is 4.74 Å². The van der Waals surface area contributed by atoms with Crippen LogP contribution in [0.5, 0.6) is 0 Å². The summed E-state index contributed by atoms with van der Waals surface area (Å²) in [6.07, 6.45) is 7.11. The zero-order valence-corrected chi connectivity index (χ0v) is 7.01. The summed E-state index contributed by atoms with van der Waals surface area (Å²) >= 11 is 0. The van der Waals surface area contributed by atoms with E-state index in [1.54, 1.807) is 0 Å².